The Morgan fingerprint density at radius 3 is 2.70 bits per heavy atom. The fourth-order valence-corrected chi connectivity index (χ4v) is 3.16. The largest absolute Gasteiger partial charge is 0.360 e. The van der Waals surface area contributed by atoms with Crippen molar-refractivity contribution in [2.45, 2.75) is 44.9 Å². The minimum absolute atomic E-state index is 0.694. The molecule has 1 heterocycles. The third-order valence-corrected chi connectivity index (χ3v) is 4.27. The van der Waals surface area contributed by atoms with E-state index in [2.05, 4.69) is 30.1 Å². The molecule has 1 saturated carbocycles. The van der Waals surface area contributed by atoms with Gasteiger partial charge in [-0.05, 0) is 48.9 Å². The predicted molar refractivity (Wildman–Crippen MR) is 85.1 cm³/mol. The molecule has 0 spiro atoms. The Hall–Kier alpha value is -1.83. The number of aliphatic imine (C=N–C) groups is 1. The van der Waals surface area contributed by atoms with Gasteiger partial charge in [0.1, 0.15) is 0 Å². The first-order chi connectivity index (χ1) is 9.84. The van der Waals surface area contributed by atoms with Crippen LogP contribution in [0.2, 0.25) is 0 Å². The third kappa shape index (κ3) is 2.84. The van der Waals surface area contributed by atoms with Gasteiger partial charge in [0.2, 0.25) is 0 Å². The lowest BCUT2D eigenvalue weighted by atomic mass is 9.83. The van der Waals surface area contributed by atoms with Gasteiger partial charge in [-0.3, -0.25) is 4.99 Å². The number of aromatic amines is 1. The predicted octanol–water partition coefficient (Wildman–Crippen LogP) is 5.12. The standard InChI is InChI=1S/C18H22N2/c1-14-7-5-11-17(15-8-3-2-4-9-15)18(14)20-13-16-10-6-12-19-16/h5-7,10-13,15,19H,2-4,8-9H2,1H3. The minimum atomic E-state index is 0.694. The fourth-order valence-electron chi connectivity index (χ4n) is 3.16. The summed E-state index contributed by atoms with van der Waals surface area (Å²) in [5, 5.41) is 0. The van der Waals surface area contributed by atoms with Gasteiger partial charge in [0.25, 0.3) is 0 Å². The van der Waals surface area contributed by atoms with E-state index in [9.17, 15) is 0 Å². The number of aryl methyl sites for hydroxylation is 1. The van der Waals surface area contributed by atoms with E-state index < -0.39 is 0 Å². The molecule has 1 aliphatic carbocycles. The Morgan fingerprint density at radius 1 is 1.10 bits per heavy atom. The summed E-state index contributed by atoms with van der Waals surface area (Å²) in [6.45, 7) is 2.16. The van der Waals surface area contributed by atoms with Crippen LogP contribution >= 0.6 is 0 Å². The summed E-state index contributed by atoms with van der Waals surface area (Å²) in [4.78, 5) is 7.94. The van der Waals surface area contributed by atoms with Crippen LogP contribution in [-0.2, 0) is 0 Å². The maximum atomic E-state index is 4.77. The van der Waals surface area contributed by atoms with Crippen molar-refractivity contribution in [3.05, 3.63) is 53.3 Å². The highest BCUT2D eigenvalue weighted by Gasteiger charge is 2.18. The van der Waals surface area contributed by atoms with Gasteiger partial charge in [0.15, 0.2) is 0 Å². The van der Waals surface area contributed by atoms with Crippen LogP contribution in [-0.4, -0.2) is 11.2 Å². The fraction of sp³-hybridized carbons (Fsp3) is 0.389. The van der Waals surface area contributed by atoms with E-state index in [0.29, 0.717) is 5.92 Å². The number of H-pyrrole nitrogens is 1. The number of hydrogen-bond acceptors (Lipinski definition) is 1. The van der Waals surface area contributed by atoms with Crippen LogP contribution in [0.4, 0.5) is 5.69 Å². The second kappa shape index (κ2) is 6.08. The highest BCUT2D eigenvalue weighted by molar-refractivity contribution is 5.80. The summed E-state index contributed by atoms with van der Waals surface area (Å²) in [5.41, 5.74) is 4.94. The molecule has 20 heavy (non-hydrogen) atoms. The van der Waals surface area contributed by atoms with Gasteiger partial charge in [-0.25, -0.2) is 0 Å². The molecular formula is C18H22N2. The molecule has 1 aliphatic rings. The molecule has 0 bridgehead atoms. The van der Waals surface area contributed by atoms with Crippen molar-refractivity contribution in [1.82, 2.24) is 4.98 Å². The van der Waals surface area contributed by atoms with Crippen molar-refractivity contribution < 1.29 is 0 Å². The Balaban J connectivity index is 1.92. The van der Waals surface area contributed by atoms with E-state index in [1.54, 1.807) is 0 Å². The normalized spacial score (nSPS) is 16.9. The highest BCUT2D eigenvalue weighted by atomic mass is 14.8. The molecular weight excluding hydrogens is 244 g/mol. The molecule has 2 heteroatoms. The van der Waals surface area contributed by atoms with Crippen LogP contribution in [0.3, 0.4) is 0 Å². The van der Waals surface area contributed by atoms with Gasteiger partial charge in [0.05, 0.1) is 17.6 Å². The Kier molecular flexibility index (Phi) is 4.00. The number of rotatable bonds is 3. The van der Waals surface area contributed by atoms with E-state index in [1.807, 2.05) is 24.5 Å². The molecule has 0 radical (unpaired) electrons. The first kappa shape index (κ1) is 13.2. The van der Waals surface area contributed by atoms with Gasteiger partial charge in [-0.15, -0.1) is 0 Å². The molecule has 0 saturated heterocycles. The van der Waals surface area contributed by atoms with Crippen molar-refractivity contribution in [2.75, 3.05) is 0 Å². The third-order valence-electron chi connectivity index (χ3n) is 4.27. The molecule has 1 aromatic carbocycles. The van der Waals surface area contributed by atoms with E-state index in [0.717, 1.165) is 5.69 Å². The zero-order valence-corrected chi connectivity index (χ0v) is 12.1. The molecule has 0 amide bonds. The second-order valence-corrected chi connectivity index (χ2v) is 5.73. The Labute approximate surface area is 121 Å². The summed E-state index contributed by atoms with van der Waals surface area (Å²) < 4.78 is 0. The second-order valence-electron chi connectivity index (χ2n) is 5.73. The van der Waals surface area contributed by atoms with E-state index >= 15 is 0 Å². The molecule has 2 aromatic rings. The number of hydrogen-bond donors (Lipinski definition) is 1. The lowest BCUT2D eigenvalue weighted by Crippen LogP contribution is -2.05. The molecule has 104 valence electrons. The topological polar surface area (TPSA) is 28.1 Å². The lowest BCUT2D eigenvalue weighted by molar-refractivity contribution is 0.444. The SMILES string of the molecule is Cc1cccc(C2CCCCC2)c1N=Cc1ccc[nH]1. The average Bonchev–Trinajstić information content (AvgIpc) is 3.00. The number of para-hydroxylation sites is 1. The van der Waals surface area contributed by atoms with Crippen LogP contribution in [0, 0.1) is 6.92 Å². The van der Waals surface area contributed by atoms with Gasteiger partial charge in [-0.2, -0.15) is 0 Å². The molecule has 2 nitrogen and oxygen atoms in total. The average molecular weight is 266 g/mol. The van der Waals surface area contributed by atoms with E-state index in [4.69, 9.17) is 4.99 Å². The molecule has 0 atom stereocenters. The summed E-state index contributed by atoms with van der Waals surface area (Å²) in [5.74, 6) is 0.694. The number of nitrogens with one attached hydrogen (secondary N) is 1. The summed E-state index contributed by atoms with van der Waals surface area (Å²) >= 11 is 0. The first-order valence-electron chi connectivity index (χ1n) is 7.61. The molecule has 1 aromatic heterocycles. The summed E-state index contributed by atoms with van der Waals surface area (Å²) in [6.07, 6.45) is 10.6. The molecule has 1 fully saturated rings. The van der Waals surface area contributed by atoms with Crippen molar-refractivity contribution in [3.63, 3.8) is 0 Å². The van der Waals surface area contributed by atoms with E-state index in [1.165, 1.54) is 48.9 Å². The molecule has 1 N–H and O–H groups in total. The molecule has 0 aliphatic heterocycles. The minimum Gasteiger partial charge on any atom is -0.360 e. The van der Waals surface area contributed by atoms with E-state index in [-0.39, 0.29) is 0 Å². The number of benzene rings is 1. The van der Waals surface area contributed by atoms with Crippen molar-refractivity contribution >= 4 is 11.9 Å². The molecule has 0 unspecified atom stereocenters. The monoisotopic (exact) mass is 266 g/mol. The van der Waals surface area contributed by atoms with Crippen LogP contribution in [0.25, 0.3) is 0 Å². The van der Waals surface area contributed by atoms with Crippen LogP contribution in [0.5, 0.6) is 0 Å². The maximum absolute atomic E-state index is 4.77. The zero-order valence-electron chi connectivity index (χ0n) is 12.1. The van der Waals surface area contributed by atoms with Gasteiger partial charge < -0.3 is 4.98 Å². The molecule has 3 rings (SSSR count). The van der Waals surface area contributed by atoms with Gasteiger partial charge in [-0.1, -0.05) is 37.5 Å². The summed E-state index contributed by atoms with van der Waals surface area (Å²) in [7, 11) is 0. The van der Waals surface area contributed by atoms with Gasteiger partial charge in [0, 0.05) is 6.20 Å². The van der Waals surface area contributed by atoms with Crippen LogP contribution < -0.4 is 0 Å². The number of aromatic nitrogens is 1. The smallest absolute Gasteiger partial charge is 0.0694 e. The zero-order chi connectivity index (χ0) is 13.8. The Morgan fingerprint density at radius 2 is 1.95 bits per heavy atom. The maximum Gasteiger partial charge on any atom is 0.0694 e. The van der Waals surface area contributed by atoms with Crippen molar-refractivity contribution in [1.29, 1.82) is 0 Å². The highest BCUT2D eigenvalue weighted by Crippen LogP contribution is 2.38. The summed E-state index contributed by atoms with van der Waals surface area (Å²) in [6, 6.07) is 10.6. The lowest BCUT2D eigenvalue weighted by Gasteiger charge is -2.23. The van der Waals surface area contributed by atoms with Crippen LogP contribution in [0.15, 0.2) is 41.5 Å². The number of nitrogens with zero attached hydrogens (tertiary/aromatic N) is 1. The van der Waals surface area contributed by atoms with Crippen molar-refractivity contribution in [2.24, 2.45) is 4.99 Å². The first-order valence-corrected chi connectivity index (χ1v) is 7.61. The van der Waals surface area contributed by atoms with Gasteiger partial charge >= 0.3 is 0 Å². The Bertz CT molecular complexity index is 575. The van der Waals surface area contributed by atoms with Crippen LogP contribution in [0.1, 0.15) is 54.8 Å². The van der Waals surface area contributed by atoms with Crippen molar-refractivity contribution in [3.8, 4) is 0 Å². The quantitative estimate of drug-likeness (QED) is 0.747.